The van der Waals surface area contributed by atoms with Gasteiger partial charge in [-0.05, 0) is 37.9 Å². The van der Waals surface area contributed by atoms with Gasteiger partial charge in [-0.2, -0.15) is 0 Å². The van der Waals surface area contributed by atoms with Crippen molar-refractivity contribution in [3.63, 3.8) is 0 Å². The maximum atomic E-state index is 3.48. The van der Waals surface area contributed by atoms with Gasteiger partial charge in [0.1, 0.15) is 0 Å². The minimum absolute atomic E-state index is 0.807. The van der Waals surface area contributed by atoms with E-state index in [9.17, 15) is 0 Å². The third-order valence-electron chi connectivity index (χ3n) is 4.74. The number of hydrogen-bond acceptors (Lipinski definition) is 3. The fourth-order valence-corrected chi connectivity index (χ4v) is 3.45. The van der Waals surface area contributed by atoms with Crippen LogP contribution in [0, 0.1) is 0 Å². The Morgan fingerprint density at radius 2 is 1.85 bits per heavy atom. The van der Waals surface area contributed by atoms with E-state index in [1.54, 1.807) is 0 Å². The van der Waals surface area contributed by atoms with Crippen molar-refractivity contribution in [1.29, 1.82) is 0 Å². The summed E-state index contributed by atoms with van der Waals surface area (Å²) in [4.78, 5) is 5.33. The topological polar surface area (TPSA) is 18.5 Å². The molecule has 1 atom stereocenters. The lowest BCUT2D eigenvalue weighted by Crippen LogP contribution is -2.51. The van der Waals surface area contributed by atoms with Gasteiger partial charge in [-0.25, -0.2) is 0 Å². The van der Waals surface area contributed by atoms with Gasteiger partial charge in [0.2, 0.25) is 0 Å². The summed E-state index contributed by atoms with van der Waals surface area (Å²) in [5, 5.41) is 3.48. The summed E-state index contributed by atoms with van der Waals surface area (Å²) in [5.41, 5.74) is 1.48. The van der Waals surface area contributed by atoms with Gasteiger partial charge in [0.25, 0.3) is 0 Å². The lowest BCUT2D eigenvalue weighted by atomic mass is 10.1. The summed E-state index contributed by atoms with van der Waals surface area (Å²) in [6, 6.07) is 11.7. The van der Waals surface area contributed by atoms with E-state index in [2.05, 4.69) is 45.4 Å². The first-order chi connectivity index (χ1) is 9.92. The molecule has 2 saturated heterocycles. The van der Waals surface area contributed by atoms with Crippen molar-refractivity contribution < 1.29 is 0 Å². The van der Waals surface area contributed by atoms with Crippen LogP contribution in [0.3, 0.4) is 0 Å². The number of rotatable bonds is 5. The van der Waals surface area contributed by atoms with E-state index in [-0.39, 0.29) is 0 Å². The monoisotopic (exact) mass is 273 g/mol. The van der Waals surface area contributed by atoms with Crippen LogP contribution in [0.5, 0.6) is 0 Å². The van der Waals surface area contributed by atoms with Gasteiger partial charge < -0.3 is 10.2 Å². The zero-order valence-electron chi connectivity index (χ0n) is 12.4. The molecule has 1 aromatic carbocycles. The molecule has 0 saturated carbocycles. The summed E-state index contributed by atoms with van der Waals surface area (Å²) in [6.07, 6.45) is 3.84. The van der Waals surface area contributed by atoms with Crippen molar-refractivity contribution in [2.24, 2.45) is 0 Å². The van der Waals surface area contributed by atoms with Crippen LogP contribution < -0.4 is 5.32 Å². The minimum atomic E-state index is 0.807. The number of hydrogen-bond donors (Lipinski definition) is 1. The highest BCUT2D eigenvalue weighted by atomic mass is 15.3. The number of nitrogens with one attached hydrogen (secondary N) is 1. The maximum absolute atomic E-state index is 3.48. The molecule has 2 fully saturated rings. The van der Waals surface area contributed by atoms with Crippen LogP contribution in [0.25, 0.3) is 0 Å². The van der Waals surface area contributed by atoms with Crippen LogP contribution in [0.4, 0.5) is 0 Å². The molecule has 0 radical (unpaired) electrons. The van der Waals surface area contributed by atoms with E-state index in [4.69, 9.17) is 0 Å². The molecular formula is C17H27N3. The molecular weight excluding hydrogens is 246 g/mol. The second-order valence-corrected chi connectivity index (χ2v) is 6.11. The summed E-state index contributed by atoms with van der Waals surface area (Å²) in [7, 11) is 0. The van der Waals surface area contributed by atoms with Crippen LogP contribution in [0.1, 0.15) is 18.4 Å². The first-order valence-corrected chi connectivity index (χ1v) is 8.13. The molecule has 3 rings (SSSR count). The molecule has 2 heterocycles. The molecule has 0 unspecified atom stereocenters. The van der Waals surface area contributed by atoms with Gasteiger partial charge in [0, 0.05) is 38.8 Å². The lowest BCUT2D eigenvalue weighted by molar-refractivity contribution is 0.102. The minimum Gasteiger partial charge on any atom is -0.315 e. The smallest absolute Gasteiger partial charge is 0.0233 e. The molecule has 0 aromatic heterocycles. The second kappa shape index (κ2) is 7.21. The van der Waals surface area contributed by atoms with Gasteiger partial charge in [-0.3, -0.25) is 4.90 Å². The maximum Gasteiger partial charge on any atom is 0.0233 e. The Morgan fingerprint density at radius 3 is 2.55 bits per heavy atom. The van der Waals surface area contributed by atoms with Crippen molar-refractivity contribution in [2.45, 2.75) is 25.3 Å². The second-order valence-electron chi connectivity index (χ2n) is 6.11. The van der Waals surface area contributed by atoms with Crippen LogP contribution >= 0.6 is 0 Å². The Labute approximate surface area is 123 Å². The van der Waals surface area contributed by atoms with Gasteiger partial charge in [-0.15, -0.1) is 0 Å². The van der Waals surface area contributed by atoms with E-state index in [0.717, 1.165) is 6.04 Å². The number of nitrogens with zero attached hydrogens (tertiary/aromatic N) is 2. The van der Waals surface area contributed by atoms with Gasteiger partial charge in [-0.1, -0.05) is 30.3 Å². The Hall–Kier alpha value is -0.900. The number of benzene rings is 1. The predicted octanol–water partition coefficient (Wildman–Crippen LogP) is 1.60. The van der Waals surface area contributed by atoms with E-state index in [1.165, 1.54) is 70.6 Å². The standard InChI is InChI=1S/C17H27N3/c1-2-5-16(6-3-1)7-4-10-19-11-13-20(14-12-19)17-8-9-18-15-17/h1-3,5-6,17-18H,4,7-15H2/t17-/m0/s1. The van der Waals surface area contributed by atoms with Crippen molar-refractivity contribution in [3.05, 3.63) is 35.9 Å². The van der Waals surface area contributed by atoms with Crippen molar-refractivity contribution in [1.82, 2.24) is 15.1 Å². The Kier molecular flexibility index (Phi) is 5.06. The normalized spacial score (nSPS) is 25.1. The van der Waals surface area contributed by atoms with Crippen LogP contribution in [-0.4, -0.2) is 61.7 Å². The first-order valence-electron chi connectivity index (χ1n) is 8.13. The van der Waals surface area contributed by atoms with Crippen molar-refractivity contribution >= 4 is 0 Å². The summed E-state index contributed by atoms with van der Waals surface area (Å²) < 4.78 is 0. The van der Waals surface area contributed by atoms with Crippen LogP contribution in [0.15, 0.2) is 30.3 Å². The summed E-state index contributed by atoms with van der Waals surface area (Å²) >= 11 is 0. The van der Waals surface area contributed by atoms with E-state index >= 15 is 0 Å². The fraction of sp³-hybridized carbons (Fsp3) is 0.647. The Bertz CT molecular complexity index is 378. The van der Waals surface area contributed by atoms with E-state index in [1.807, 2.05) is 0 Å². The fourth-order valence-electron chi connectivity index (χ4n) is 3.45. The zero-order valence-corrected chi connectivity index (χ0v) is 12.4. The van der Waals surface area contributed by atoms with Crippen LogP contribution in [-0.2, 0) is 6.42 Å². The van der Waals surface area contributed by atoms with E-state index in [0.29, 0.717) is 0 Å². The molecule has 2 aliphatic rings. The quantitative estimate of drug-likeness (QED) is 0.879. The molecule has 0 amide bonds. The van der Waals surface area contributed by atoms with E-state index < -0.39 is 0 Å². The molecule has 20 heavy (non-hydrogen) atoms. The summed E-state index contributed by atoms with van der Waals surface area (Å²) in [6.45, 7) is 8.70. The van der Waals surface area contributed by atoms with Crippen molar-refractivity contribution in [2.75, 3.05) is 45.8 Å². The summed E-state index contributed by atoms with van der Waals surface area (Å²) in [5.74, 6) is 0. The Balaban J connectivity index is 1.34. The van der Waals surface area contributed by atoms with Gasteiger partial charge >= 0.3 is 0 Å². The number of aryl methyl sites for hydroxylation is 1. The average molecular weight is 273 g/mol. The zero-order chi connectivity index (χ0) is 13.6. The molecule has 0 aliphatic carbocycles. The van der Waals surface area contributed by atoms with Crippen molar-refractivity contribution in [3.8, 4) is 0 Å². The predicted molar refractivity (Wildman–Crippen MR) is 84.1 cm³/mol. The SMILES string of the molecule is c1ccc(CCCN2CCN([C@H]3CCNC3)CC2)cc1. The van der Waals surface area contributed by atoms with Gasteiger partial charge in [0.05, 0.1) is 0 Å². The Morgan fingerprint density at radius 1 is 1.05 bits per heavy atom. The molecule has 0 spiro atoms. The average Bonchev–Trinajstić information content (AvgIpc) is 3.03. The highest BCUT2D eigenvalue weighted by molar-refractivity contribution is 5.14. The highest BCUT2D eigenvalue weighted by Crippen LogP contribution is 2.12. The van der Waals surface area contributed by atoms with Crippen LogP contribution in [0.2, 0.25) is 0 Å². The molecule has 1 N–H and O–H groups in total. The molecule has 0 bridgehead atoms. The molecule has 3 heteroatoms. The molecule has 1 aromatic rings. The molecule has 2 aliphatic heterocycles. The third-order valence-corrected chi connectivity index (χ3v) is 4.74. The molecule has 3 nitrogen and oxygen atoms in total. The molecule has 110 valence electrons. The largest absolute Gasteiger partial charge is 0.315 e. The highest BCUT2D eigenvalue weighted by Gasteiger charge is 2.25. The third kappa shape index (κ3) is 3.81. The number of piperazine rings is 1. The van der Waals surface area contributed by atoms with Gasteiger partial charge in [0.15, 0.2) is 0 Å². The first kappa shape index (κ1) is 14.1. The lowest BCUT2D eigenvalue weighted by Gasteiger charge is -2.37.